The molecule has 5 nitrogen and oxygen atoms in total. The van der Waals surface area contributed by atoms with Crippen molar-refractivity contribution in [1.29, 1.82) is 0 Å². The van der Waals surface area contributed by atoms with Crippen LogP contribution in [-0.4, -0.2) is 22.0 Å². The lowest BCUT2D eigenvalue weighted by Crippen LogP contribution is -2.31. The average Bonchev–Trinajstić information content (AvgIpc) is 2.90. The fourth-order valence-electron chi connectivity index (χ4n) is 1.90. The largest absolute Gasteiger partial charge is 0.488 e. The van der Waals surface area contributed by atoms with Gasteiger partial charge in [0.2, 0.25) is 0 Å². The van der Waals surface area contributed by atoms with Gasteiger partial charge in [0.1, 0.15) is 12.4 Å². The van der Waals surface area contributed by atoms with E-state index in [1.54, 1.807) is 6.20 Å². The van der Waals surface area contributed by atoms with E-state index < -0.39 is 0 Å². The molecule has 2 aromatic rings. The van der Waals surface area contributed by atoms with Crippen LogP contribution in [0.15, 0.2) is 24.4 Å². The van der Waals surface area contributed by atoms with Crippen molar-refractivity contribution in [3.63, 3.8) is 0 Å². The Morgan fingerprint density at radius 2 is 2.39 bits per heavy atom. The average molecular weight is 261 g/mol. The molecular weight excluding hydrogens is 250 g/mol. The summed E-state index contributed by atoms with van der Waals surface area (Å²) in [5, 5.41) is 6.57. The summed E-state index contributed by atoms with van der Waals surface area (Å²) in [6.45, 7) is 1.15. The van der Waals surface area contributed by atoms with Gasteiger partial charge in [-0.15, -0.1) is 5.10 Å². The van der Waals surface area contributed by atoms with Gasteiger partial charge < -0.3 is 10.1 Å². The van der Waals surface area contributed by atoms with E-state index in [-0.39, 0.29) is 5.91 Å². The molecule has 3 rings (SSSR count). The summed E-state index contributed by atoms with van der Waals surface area (Å²) in [6, 6.07) is 5.56. The van der Waals surface area contributed by atoms with Crippen molar-refractivity contribution in [1.82, 2.24) is 14.9 Å². The minimum absolute atomic E-state index is 0.00513. The third-order valence-corrected chi connectivity index (χ3v) is 3.42. The summed E-state index contributed by atoms with van der Waals surface area (Å²) in [4.78, 5) is 12.6. The summed E-state index contributed by atoms with van der Waals surface area (Å²) >= 11 is 1.32. The number of benzene rings is 1. The van der Waals surface area contributed by atoms with Gasteiger partial charge in [-0.3, -0.25) is 4.79 Å². The molecular formula is C12H11N3O2S. The van der Waals surface area contributed by atoms with Crippen LogP contribution in [0.2, 0.25) is 0 Å². The van der Waals surface area contributed by atoms with Gasteiger partial charge in [-0.25, -0.2) is 0 Å². The maximum absolute atomic E-state index is 11.6. The Balaban J connectivity index is 1.76. The van der Waals surface area contributed by atoms with Gasteiger partial charge in [-0.1, -0.05) is 4.49 Å². The molecule has 0 saturated carbocycles. The van der Waals surface area contributed by atoms with Crippen molar-refractivity contribution in [2.75, 3.05) is 6.54 Å². The zero-order valence-corrected chi connectivity index (χ0v) is 10.4. The van der Waals surface area contributed by atoms with E-state index in [0.29, 0.717) is 13.2 Å². The molecule has 0 atom stereocenters. The normalized spacial score (nSPS) is 13.9. The number of ether oxygens (including phenoxy) is 1. The van der Waals surface area contributed by atoms with Crippen molar-refractivity contribution in [3.8, 4) is 5.75 Å². The lowest BCUT2D eigenvalue weighted by molar-refractivity contribution is 0.0946. The lowest BCUT2D eigenvalue weighted by atomic mass is 10.0. The van der Waals surface area contributed by atoms with Crippen LogP contribution >= 0.6 is 11.5 Å². The first-order valence-electron chi connectivity index (χ1n) is 5.63. The van der Waals surface area contributed by atoms with Gasteiger partial charge in [0.15, 0.2) is 0 Å². The SMILES string of the molecule is O=C1NCCc2cc(OCc3cnns3)ccc21. The standard InChI is InChI=1S/C12H11N3O2S/c16-12-11-2-1-9(5-8(11)3-4-13-12)17-7-10-6-14-15-18-10/h1-2,5-6H,3-4,7H2,(H,13,16). The van der Waals surface area contributed by atoms with E-state index in [4.69, 9.17) is 4.74 Å². The van der Waals surface area contributed by atoms with Gasteiger partial charge in [-0.2, -0.15) is 0 Å². The molecule has 1 aliphatic heterocycles. The molecule has 0 saturated heterocycles. The summed E-state index contributed by atoms with van der Waals surface area (Å²) in [7, 11) is 0. The molecule has 6 heteroatoms. The van der Waals surface area contributed by atoms with E-state index in [1.807, 2.05) is 18.2 Å². The Morgan fingerprint density at radius 3 is 3.22 bits per heavy atom. The first kappa shape index (κ1) is 11.2. The Morgan fingerprint density at radius 1 is 1.44 bits per heavy atom. The molecule has 0 aliphatic carbocycles. The number of hydrogen-bond donors (Lipinski definition) is 1. The van der Waals surface area contributed by atoms with Crippen LogP contribution in [0.4, 0.5) is 0 Å². The number of aromatic nitrogens is 2. The Kier molecular flexibility index (Phi) is 2.93. The number of fused-ring (bicyclic) bond motifs is 1. The summed E-state index contributed by atoms with van der Waals surface area (Å²) < 4.78 is 9.42. The number of nitrogens with one attached hydrogen (secondary N) is 1. The number of carbonyl (C=O) groups excluding carboxylic acids is 1. The molecule has 0 radical (unpaired) electrons. The number of carbonyl (C=O) groups is 1. The second-order valence-corrected chi connectivity index (χ2v) is 4.87. The van der Waals surface area contributed by atoms with Crippen LogP contribution < -0.4 is 10.1 Å². The highest BCUT2D eigenvalue weighted by Crippen LogP contribution is 2.21. The highest BCUT2D eigenvalue weighted by Gasteiger charge is 2.16. The monoisotopic (exact) mass is 261 g/mol. The molecule has 2 heterocycles. The highest BCUT2D eigenvalue weighted by atomic mass is 32.1. The third kappa shape index (κ3) is 2.19. The molecule has 0 unspecified atom stereocenters. The number of amides is 1. The summed E-state index contributed by atoms with van der Waals surface area (Å²) in [5.74, 6) is 0.770. The van der Waals surface area contributed by atoms with Crippen LogP contribution in [0.3, 0.4) is 0 Å². The molecule has 0 fully saturated rings. The van der Waals surface area contributed by atoms with Gasteiger partial charge in [-0.05, 0) is 41.7 Å². The summed E-state index contributed by atoms with van der Waals surface area (Å²) in [5.41, 5.74) is 1.78. The van der Waals surface area contributed by atoms with Crippen LogP contribution in [0, 0.1) is 0 Å². The number of nitrogens with zero attached hydrogens (tertiary/aromatic N) is 2. The molecule has 18 heavy (non-hydrogen) atoms. The van der Waals surface area contributed by atoms with Crippen LogP contribution in [0.25, 0.3) is 0 Å². The predicted molar refractivity (Wildman–Crippen MR) is 66.7 cm³/mol. The molecule has 92 valence electrons. The van der Waals surface area contributed by atoms with Crippen LogP contribution in [0.1, 0.15) is 20.8 Å². The third-order valence-electron chi connectivity index (χ3n) is 2.79. The molecule has 1 aromatic carbocycles. The second-order valence-electron chi connectivity index (χ2n) is 4.00. The van der Waals surface area contributed by atoms with Crippen LogP contribution in [0.5, 0.6) is 5.75 Å². The molecule has 1 amide bonds. The van der Waals surface area contributed by atoms with Crippen molar-refractivity contribution in [3.05, 3.63) is 40.4 Å². The Labute approximate surface area is 108 Å². The van der Waals surface area contributed by atoms with E-state index in [0.717, 1.165) is 28.2 Å². The second kappa shape index (κ2) is 4.73. The fraction of sp³-hybridized carbons (Fsp3) is 0.250. The van der Waals surface area contributed by atoms with Gasteiger partial charge in [0.25, 0.3) is 5.91 Å². The molecule has 0 spiro atoms. The van der Waals surface area contributed by atoms with Crippen molar-refractivity contribution in [2.45, 2.75) is 13.0 Å². The van der Waals surface area contributed by atoms with Crippen molar-refractivity contribution in [2.24, 2.45) is 0 Å². The zero-order valence-electron chi connectivity index (χ0n) is 9.55. The zero-order chi connectivity index (χ0) is 12.4. The molecule has 0 bridgehead atoms. The predicted octanol–water partition coefficient (Wildman–Crippen LogP) is 1.40. The molecule has 1 aliphatic rings. The first-order valence-corrected chi connectivity index (χ1v) is 6.40. The molecule has 1 N–H and O–H groups in total. The van der Waals surface area contributed by atoms with Crippen LogP contribution in [-0.2, 0) is 13.0 Å². The Bertz CT molecular complexity index is 569. The highest BCUT2D eigenvalue weighted by molar-refractivity contribution is 7.05. The quantitative estimate of drug-likeness (QED) is 0.907. The maximum atomic E-state index is 11.6. The van der Waals surface area contributed by atoms with Gasteiger partial charge in [0, 0.05) is 12.1 Å². The van der Waals surface area contributed by atoms with Crippen molar-refractivity contribution < 1.29 is 9.53 Å². The minimum Gasteiger partial charge on any atom is -0.488 e. The van der Waals surface area contributed by atoms with E-state index >= 15 is 0 Å². The maximum Gasteiger partial charge on any atom is 0.251 e. The fourth-order valence-corrected chi connectivity index (χ4v) is 2.30. The Hall–Kier alpha value is -1.95. The molecule has 1 aromatic heterocycles. The first-order chi connectivity index (χ1) is 8.83. The van der Waals surface area contributed by atoms with Crippen molar-refractivity contribution >= 4 is 17.4 Å². The van der Waals surface area contributed by atoms with E-state index in [1.165, 1.54) is 11.5 Å². The number of rotatable bonds is 3. The summed E-state index contributed by atoms with van der Waals surface area (Å²) in [6.07, 6.45) is 2.54. The minimum atomic E-state index is -0.00513. The van der Waals surface area contributed by atoms with Gasteiger partial charge in [0.05, 0.1) is 11.1 Å². The van der Waals surface area contributed by atoms with Gasteiger partial charge >= 0.3 is 0 Å². The van der Waals surface area contributed by atoms with E-state index in [9.17, 15) is 4.79 Å². The topological polar surface area (TPSA) is 64.1 Å². The lowest BCUT2D eigenvalue weighted by Gasteiger charge is -2.17. The number of hydrogen-bond acceptors (Lipinski definition) is 5. The smallest absolute Gasteiger partial charge is 0.251 e. The van der Waals surface area contributed by atoms with E-state index in [2.05, 4.69) is 14.9 Å².